The van der Waals surface area contributed by atoms with Crippen LogP contribution in [0.3, 0.4) is 0 Å². The minimum atomic E-state index is -4.74. The second kappa shape index (κ2) is 19.5. The molecular weight excluding hydrogens is 673 g/mol. The highest BCUT2D eigenvalue weighted by molar-refractivity contribution is 7.85. The maximum Gasteiger partial charge on any atom is 0.205 e. The van der Waals surface area contributed by atoms with Gasteiger partial charge in [-0.3, -0.25) is 0 Å². The van der Waals surface area contributed by atoms with Crippen LogP contribution in [-0.4, -0.2) is 36.3 Å². The summed E-state index contributed by atoms with van der Waals surface area (Å²) in [6.07, 6.45) is 19.5. The molecule has 1 aliphatic rings. The molecule has 0 spiro atoms. The third kappa shape index (κ3) is 10.6. The molecule has 0 atom stereocenters. The Morgan fingerprint density at radius 2 is 1.15 bits per heavy atom. The van der Waals surface area contributed by atoms with Crippen LogP contribution in [0.1, 0.15) is 101 Å². The molecule has 0 heterocycles. The van der Waals surface area contributed by atoms with Gasteiger partial charge in [0.15, 0.2) is 0 Å². The molecule has 5 nitrogen and oxygen atoms in total. The molecule has 6 heteroatoms. The highest BCUT2D eigenvalue weighted by atomic mass is 32.2. The van der Waals surface area contributed by atoms with Crippen LogP contribution in [0.25, 0.3) is 5.57 Å². The normalized spacial score (nSPS) is 12.7. The van der Waals surface area contributed by atoms with E-state index in [1.54, 1.807) is 18.2 Å². The van der Waals surface area contributed by atoms with Crippen molar-refractivity contribution < 1.29 is 17.5 Å². The molecule has 0 amide bonds. The molecule has 0 aromatic heterocycles. The van der Waals surface area contributed by atoms with E-state index in [0.29, 0.717) is 11.1 Å². The summed E-state index contributed by atoms with van der Waals surface area (Å²) < 4.78 is 40.2. The summed E-state index contributed by atoms with van der Waals surface area (Å²) in [5.41, 5.74) is 9.93. The molecule has 0 saturated heterocycles. The van der Waals surface area contributed by atoms with Crippen LogP contribution >= 0.6 is 0 Å². The fourth-order valence-electron chi connectivity index (χ4n) is 6.88. The second-order valence-corrected chi connectivity index (χ2v) is 15.3. The molecule has 4 aromatic rings. The van der Waals surface area contributed by atoms with Crippen LogP contribution in [0.4, 0.5) is 17.1 Å². The fraction of sp³-hybridized carbons (Fsp3) is 0.340. The van der Waals surface area contributed by atoms with E-state index in [1.165, 1.54) is 42.9 Å². The predicted molar refractivity (Wildman–Crippen MR) is 222 cm³/mol. The van der Waals surface area contributed by atoms with Crippen LogP contribution in [0.15, 0.2) is 132 Å². The number of unbranched alkanes of at least 4 members (excludes halogenated alkanes) is 4. The number of nitrogens with zero attached hydrogens (tertiary/aromatic N) is 2. The lowest BCUT2D eigenvalue weighted by Gasteiger charge is -2.26. The molecule has 0 radical (unpaired) electrons. The zero-order valence-corrected chi connectivity index (χ0v) is 32.9. The number of aryl methyl sites for hydroxylation is 2. The first-order valence-electron chi connectivity index (χ1n) is 19.6. The van der Waals surface area contributed by atoms with E-state index in [9.17, 15) is 13.0 Å². The van der Waals surface area contributed by atoms with E-state index in [4.69, 9.17) is 0 Å². The Morgan fingerprint density at radius 1 is 0.623 bits per heavy atom. The summed E-state index contributed by atoms with van der Waals surface area (Å²) >= 11 is 0. The Hall–Kier alpha value is -4.52. The van der Waals surface area contributed by atoms with Gasteiger partial charge in [0.05, 0.1) is 4.90 Å². The van der Waals surface area contributed by atoms with Crippen molar-refractivity contribution in [2.75, 3.05) is 18.0 Å². The monoisotopic (exact) mass is 728 g/mol. The van der Waals surface area contributed by atoms with E-state index in [-0.39, 0.29) is 4.90 Å². The Bertz CT molecular complexity index is 2000. The van der Waals surface area contributed by atoms with Crippen molar-refractivity contribution in [3.05, 3.63) is 149 Å². The fourth-order valence-corrected chi connectivity index (χ4v) is 7.56. The minimum Gasteiger partial charge on any atom is -0.744 e. The Balaban J connectivity index is 1.57. The summed E-state index contributed by atoms with van der Waals surface area (Å²) in [6, 6.07) is 32.7. The summed E-state index contributed by atoms with van der Waals surface area (Å²) in [5.74, 6) is 0. The standard InChI is InChI=1S/C47H56N2O3S/c1-5-9-15-37-19-27-41(28-20-37)48(35-11-7-3)43-31-23-39(24-32-43)47(45-17-13-14-18-46(45)53(50,51)52)40-25-33-44(34-26-40)49(36-12-8-4)42-29-21-38(22-30-42)16-10-6-2/h13-14,17-34H,5-12,15-16,35-36H2,1-4H3. The number of hydrogen-bond acceptors (Lipinski definition) is 4. The van der Waals surface area contributed by atoms with Gasteiger partial charge in [-0.15, -0.1) is 0 Å². The van der Waals surface area contributed by atoms with E-state index in [0.717, 1.165) is 85.5 Å². The summed E-state index contributed by atoms with van der Waals surface area (Å²) in [4.78, 5) is 2.13. The lowest BCUT2D eigenvalue weighted by atomic mass is 9.90. The van der Waals surface area contributed by atoms with E-state index in [1.807, 2.05) is 0 Å². The topological polar surface area (TPSA) is 63.5 Å². The first kappa shape index (κ1) is 39.7. The van der Waals surface area contributed by atoms with E-state index < -0.39 is 10.1 Å². The lowest BCUT2D eigenvalue weighted by molar-refractivity contribution is -0.439. The van der Waals surface area contributed by atoms with Gasteiger partial charge in [0.25, 0.3) is 0 Å². The molecule has 278 valence electrons. The van der Waals surface area contributed by atoms with Crippen LogP contribution in [0, 0.1) is 0 Å². The number of rotatable bonds is 18. The second-order valence-electron chi connectivity index (χ2n) is 14.0. The number of benzene rings is 4. The first-order chi connectivity index (χ1) is 25.8. The predicted octanol–water partition coefficient (Wildman–Crippen LogP) is 11.7. The minimum absolute atomic E-state index is 0.219. The van der Waals surface area contributed by atoms with Crippen molar-refractivity contribution in [3.8, 4) is 0 Å². The molecule has 0 N–H and O–H groups in total. The van der Waals surface area contributed by atoms with Crippen molar-refractivity contribution in [2.45, 2.75) is 96.8 Å². The summed E-state index contributed by atoms with van der Waals surface area (Å²) in [5, 5.41) is 0. The number of hydrogen-bond donors (Lipinski definition) is 0. The molecule has 1 aliphatic carbocycles. The van der Waals surface area contributed by atoms with Gasteiger partial charge in [0, 0.05) is 54.2 Å². The van der Waals surface area contributed by atoms with E-state index >= 15 is 0 Å². The van der Waals surface area contributed by atoms with Crippen LogP contribution in [-0.2, 0) is 23.0 Å². The van der Waals surface area contributed by atoms with E-state index in [2.05, 4.69) is 134 Å². The average Bonchev–Trinajstić information content (AvgIpc) is 3.18. The van der Waals surface area contributed by atoms with Gasteiger partial charge >= 0.3 is 0 Å². The lowest BCUT2D eigenvalue weighted by Crippen LogP contribution is -2.18. The zero-order valence-electron chi connectivity index (χ0n) is 32.1. The van der Waals surface area contributed by atoms with Gasteiger partial charge in [-0.2, -0.15) is 4.58 Å². The maximum absolute atomic E-state index is 12.6. The molecule has 0 bridgehead atoms. The van der Waals surface area contributed by atoms with Crippen molar-refractivity contribution >= 4 is 38.5 Å². The molecule has 0 saturated carbocycles. The van der Waals surface area contributed by atoms with Crippen molar-refractivity contribution in [3.63, 3.8) is 0 Å². The Morgan fingerprint density at radius 3 is 1.70 bits per heavy atom. The van der Waals surface area contributed by atoms with Gasteiger partial charge in [0.1, 0.15) is 16.7 Å². The smallest absolute Gasteiger partial charge is 0.205 e. The quantitative estimate of drug-likeness (QED) is 0.0756. The summed E-state index contributed by atoms with van der Waals surface area (Å²) in [6.45, 7) is 10.6. The number of anilines is 2. The molecule has 5 rings (SSSR count). The molecule has 53 heavy (non-hydrogen) atoms. The van der Waals surface area contributed by atoms with Crippen LogP contribution < -0.4 is 4.90 Å². The maximum atomic E-state index is 12.6. The third-order valence-electron chi connectivity index (χ3n) is 9.97. The third-order valence-corrected chi connectivity index (χ3v) is 10.9. The highest BCUT2D eigenvalue weighted by Gasteiger charge is 2.21. The van der Waals surface area contributed by atoms with Gasteiger partial charge in [0.2, 0.25) is 11.4 Å². The molecule has 0 aliphatic heterocycles. The van der Waals surface area contributed by atoms with Gasteiger partial charge < -0.3 is 9.45 Å². The Kier molecular flexibility index (Phi) is 14.6. The van der Waals surface area contributed by atoms with Gasteiger partial charge in [-0.1, -0.05) is 108 Å². The van der Waals surface area contributed by atoms with Crippen molar-refractivity contribution in [1.29, 1.82) is 0 Å². The van der Waals surface area contributed by atoms with Crippen molar-refractivity contribution in [2.24, 2.45) is 0 Å². The van der Waals surface area contributed by atoms with Crippen molar-refractivity contribution in [1.82, 2.24) is 0 Å². The molecule has 0 unspecified atom stereocenters. The molecule has 4 aromatic carbocycles. The zero-order chi connectivity index (χ0) is 37.6. The number of allylic oxidation sites excluding steroid dienone is 5. The van der Waals surface area contributed by atoms with Crippen LogP contribution in [0.2, 0.25) is 0 Å². The average molecular weight is 729 g/mol. The summed E-state index contributed by atoms with van der Waals surface area (Å²) in [7, 11) is -4.74. The highest BCUT2D eigenvalue weighted by Crippen LogP contribution is 2.36. The van der Waals surface area contributed by atoms with Gasteiger partial charge in [-0.25, -0.2) is 8.42 Å². The first-order valence-corrected chi connectivity index (χ1v) is 21.0. The van der Waals surface area contributed by atoms with Crippen LogP contribution in [0.5, 0.6) is 0 Å². The molecular formula is C47H56N2O3S. The van der Waals surface area contributed by atoms with Gasteiger partial charge in [-0.05, 0) is 102 Å². The molecule has 0 fully saturated rings. The SMILES string of the molecule is CCCCc1ccc(N(CCCC)c2ccc(C(=C3C=CC(=[N+](CCCC)c4ccc(CCCC)cc4)C=C3)c3ccccc3S(=O)(=O)[O-])cc2)cc1. The Labute approximate surface area is 318 Å². The largest absolute Gasteiger partial charge is 0.744 e.